The Labute approximate surface area is 114 Å². The highest BCUT2D eigenvalue weighted by Crippen LogP contribution is 2.17. The van der Waals surface area contributed by atoms with Crippen LogP contribution in [0.15, 0.2) is 24.3 Å². The standard InChI is InChI=1S/C12H15N3O5/c1-3-12(2,10(16)17)14-11(18)13-8-5-4-6-9(7-8)15(19)20/h4-7H,3H2,1-2H3,(H,16,17)(H2,13,14,18). The Morgan fingerprint density at radius 1 is 1.45 bits per heavy atom. The molecule has 20 heavy (non-hydrogen) atoms. The molecule has 0 aliphatic heterocycles. The van der Waals surface area contributed by atoms with Gasteiger partial charge in [0.25, 0.3) is 5.69 Å². The van der Waals surface area contributed by atoms with Gasteiger partial charge in [-0.05, 0) is 19.4 Å². The number of nitro groups is 1. The largest absolute Gasteiger partial charge is 0.480 e. The zero-order valence-corrected chi connectivity index (χ0v) is 11.0. The number of urea groups is 1. The first-order valence-electron chi connectivity index (χ1n) is 5.85. The first-order chi connectivity index (χ1) is 9.28. The fraction of sp³-hybridized carbons (Fsp3) is 0.333. The number of benzene rings is 1. The number of carbonyl (C=O) groups excluding carboxylic acids is 1. The number of non-ortho nitro benzene ring substituents is 1. The SMILES string of the molecule is CCC(C)(NC(=O)Nc1cccc([N+](=O)[O-])c1)C(=O)O. The summed E-state index contributed by atoms with van der Waals surface area (Å²) in [6.07, 6.45) is 0.199. The van der Waals surface area contributed by atoms with Gasteiger partial charge in [-0.2, -0.15) is 0 Å². The van der Waals surface area contributed by atoms with Gasteiger partial charge in [-0.15, -0.1) is 0 Å². The van der Waals surface area contributed by atoms with Gasteiger partial charge < -0.3 is 15.7 Å². The fourth-order valence-corrected chi connectivity index (χ4v) is 1.40. The molecule has 1 rings (SSSR count). The van der Waals surface area contributed by atoms with E-state index in [1.807, 2.05) is 0 Å². The molecule has 1 aromatic rings. The van der Waals surface area contributed by atoms with E-state index in [9.17, 15) is 19.7 Å². The lowest BCUT2D eigenvalue weighted by Gasteiger charge is -2.24. The first kappa shape index (κ1) is 15.4. The summed E-state index contributed by atoms with van der Waals surface area (Å²) in [5.74, 6) is -1.16. The monoisotopic (exact) mass is 281 g/mol. The molecular weight excluding hydrogens is 266 g/mol. The van der Waals surface area contributed by atoms with Crippen LogP contribution in [0.1, 0.15) is 20.3 Å². The molecule has 0 saturated carbocycles. The molecule has 108 valence electrons. The maximum Gasteiger partial charge on any atom is 0.329 e. The molecule has 0 heterocycles. The van der Waals surface area contributed by atoms with Crippen LogP contribution in [0.25, 0.3) is 0 Å². The molecule has 0 aliphatic carbocycles. The molecule has 0 bridgehead atoms. The van der Waals surface area contributed by atoms with Gasteiger partial charge >= 0.3 is 12.0 Å². The number of nitrogens with one attached hydrogen (secondary N) is 2. The van der Waals surface area contributed by atoms with Crippen LogP contribution in [0.5, 0.6) is 0 Å². The molecule has 0 aromatic heterocycles. The van der Waals surface area contributed by atoms with E-state index in [4.69, 9.17) is 5.11 Å². The average molecular weight is 281 g/mol. The van der Waals surface area contributed by atoms with Crippen molar-refractivity contribution in [3.63, 3.8) is 0 Å². The molecule has 0 radical (unpaired) electrons. The second-order valence-corrected chi connectivity index (χ2v) is 4.38. The van der Waals surface area contributed by atoms with Crippen molar-refractivity contribution in [2.45, 2.75) is 25.8 Å². The van der Waals surface area contributed by atoms with Gasteiger partial charge in [-0.25, -0.2) is 9.59 Å². The van der Waals surface area contributed by atoms with E-state index < -0.39 is 22.5 Å². The van der Waals surface area contributed by atoms with Crippen molar-refractivity contribution in [2.24, 2.45) is 0 Å². The second-order valence-electron chi connectivity index (χ2n) is 4.38. The Kier molecular flexibility index (Phi) is 4.63. The number of nitro benzene ring substituents is 1. The molecule has 8 nitrogen and oxygen atoms in total. The van der Waals surface area contributed by atoms with E-state index in [2.05, 4.69) is 10.6 Å². The van der Waals surface area contributed by atoms with E-state index in [0.29, 0.717) is 0 Å². The maximum absolute atomic E-state index is 11.7. The molecule has 8 heteroatoms. The Bertz CT molecular complexity index is 546. The summed E-state index contributed by atoms with van der Waals surface area (Å²) in [5.41, 5.74) is -1.36. The quantitative estimate of drug-likeness (QED) is 0.562. The fourth-order valence-electron chi connectivity index (χ4n) is 1.40. The number of aliphatic carboxylic acids is 1. The van der Waals surface area contributed by atoms with Crippen LogP contribution in [-0.2, 0) is 4.79 Å². The van der Waals surface area contributed by atoms with Crippen molar-refractivity contribution in [2.75, 3.05) is 5.32 Å². The normalized spacial score (nSPS) is 13.1. The van der Waals surface area contributed by atoms with Gasteiger partial charge in [-0.1, -0.05) is 13.0 Å². The van der Waals surface area contributed by atoms with Gasteiger partial charge in [0.2, 0.25) is 0 Å². The molecule has 0 aliphatic rings. The zero-order chi connectivity index (χ0) is 15.3. The van der Waals surface area contributed by atoms with E-state index in [0.717, 1.165) is 0 Å². The second kappa shape index (κ2) is 6.00. The van der Waals surface area contributed by atoms with Crippen LogP contribution in [-0.4, -0.2) is 27.6 Å². The summed E-state index contributed by atoms with van der Waals surface area (Å²) in [6, 6.07) is 4.62. The summed E-state index contributed by atoms with van der Waals surface area (Å²) >= 11 is 0. The number of nitrogens with zero attached hydrogens (tertiary/aromatic N) is 1. The van der Waals surface area contributed by atoms with Crippen LogP contribution in [0.4, 0.5) is 16.2 Å². The van der Waals surface area contributed by atoms with E-state index >= 15 is 0 Å². The Morgan fingerprint density at radius 2 is 2.10 bits per heavy atom. The number of carbonyl (C=O) groups is 2. The number of carboxylic acid groups (broad SMARTS) is 1. The predicted octanol–water partition coefficient (Wildman–Crippen LogP) is 1.97. The zero-order valence-electron chi connectivity index (χ0n) is 11.0. The highest BCUT2D eigenvalue weighted by Gasteiger charge is 2.32. The molecule has 2 amide bonds. The van der Waals surface area contributed by atoms with Crippen LogP contribution in [0.2, 0.25) is 0 Å². The minimum Gasteiger partial charge on any atom is -0.480 e. The summed E-state index contributed by atoms with van der Waals surface area (Å²) in [7, 11) is 0. The minimum absolute atomic E-state index is 0.167. The van der Waals surface area contributed by atoms with Gasteiger partial charge in [-0.3, -0.25) is 10.1 Å². The van der Waals surface area contributed by atoms with Gasteiger partial charge in [0.05, 0.1) is 4.92 Å². The minimum atomic E-state index is -1.40. The Balaban J connectivity index is 2.79. The molecule has 0 spiro atoms. The number of anilines is 1. The van der Waals surface area contributed by atoms with E-state index in [1.165, 1.54) is 31.2 Å². The van der Waals surface area contributed by atoms with Crippen LogP contribution in [0, 0.1) is 10.1 Å². The highest BCUT2D eigenvalue weighted by molar-refractivity contribution is 5.93. The van der Waals surface area contributed by atoms with Crippen LogP contribution in [0.3, 0.4) is 0 Å². The number of amides is 2. The first-order valence-corrected chi connectivity index (χ1v) is 5.85. The topological polar surface area (TPSA) is 122 Å². The van der Waals surface area contributed by atoms with E-state index in [1.54, 1.807) is 6.92 Å². The maximum atomic E-state index is 11.7. The van der Waals surface area contributed by atoms with Crippen LogP contribution < -0.4 is 10.6 Å². The van der Waals surface area contributed by atoms with Gasteiger partial charge in [0.1, 0.15) is 5.54 Å². The van der Waals surface area contributed by atoms with Crippen molar-refractivity contribution >= 4 is 23.4 Å². The molecule has 0 saturated heterocycles. The van der Waals surface area contributed by atoms with Crippen molar-refractivity contribution in [1.29, 1.82) is 0 Å². The number of rotatable bonds is 5. The third kappa shape index (κ3) is 3.67. The van der Waals surface area contributed by atoms with Gasteiger partial charge in [0.15, 0.2) is 0 Å². The number of hydrogen-bond donors (Lipinski definition) is 3. The molecule has 1 aromatic carbocycles. The molecule has 3 N–H and O–H groups in total. The smallest absolute Gasteiger partial charge is 0.329 e. The summed E-state index contributed by atoms with van der Waals surface area (Å²) in [6.45, 7) is 3.00. The third-order valence-corrected chi connectivity index (χ3v) is 2.88. The van der Waals surface area contributed by atoms with Gasteiger partial charge in [0, 0.05) is 17.8 Å². The van der Waals surface area contributed by atoms with Crippen molar-refractivity contribution in [1.82, 2.24) is 5.32 Å². The lowest BCUT2D eigenvalue weighted by molar-refractivity contribution is -0.384. The number of carboxylic acids is 1. The lowest BCUT2D eigenvalue weighted by Crippen LogP contribution is -2.53. The van der Waals surface area contributed by atoms with Crippen molar-refractivity contribution in [3.05, 3.63) is 34.4 Å². The summed E-state index contributed by atoms with van der Waals surface area (Å²) < 4.78 is 0. The number of hydrogen-bond acceptors (Lipinski definition) is 4. The Morgan fingerprint density at radius 3 is 2.60 bits per heavy atom. The highest BCUT2D eigenvalue weighted by atomic mass is 16.6. The molecular formula is C12H15N3O5. The van der Waals surface area contributed by atoms with Crippen molar-refractivity contribution < 1.29 is 19.6 Å². The van der Waals surface area contributed by atoms with E-state index in [-0.39, 0.29) is 17.8 Å². The molecule has 1 unspecified atom stereocenters. The average Bonchev–Trinajstić information content (AvgIpc) is 2.38. The Hall–Kier alpha value is -2.64. The van der Waals surface area contributed by atoms with Crippen molar-refractivity contribution in [3.8, 4) is 0 Å². The predicted molar refractivity (Wildman–Crippen MR) is 71.6 cm³/mol. The van der Waals surface area contributed by atoms with Crippen LogP contribution >= 0.6 is 0 Å². The molecule has 1 atom stereocenters. The lowest BCUT2D eigenvalue weighted by atomic mass is 10.00. The third-order valence-electron chi connectivity index (χ3n) is 2.88. The molecule has 0 fully saturated rings. The summed E-state index contributed by atoms with van der Waals surface area (Å²) in [4.78, 5) is 32.8. The summed E-state index contributed by atoms with van der Waals surface area (Å²) in [5, 5.41) is 24.3.